The molecular weight excluding hydrogens is 360 g/mol. The Labute approximate surface area is 151 Å². The second-order valence-electron chi connectivity index (χ2n) is 6.83. The van der Waals surface area contributed by atoms with Gasteiger partial charge in [0.1, 0.15) is 0 Å². The van der Waals surface area contributed by atoms with Crippen molar-refractivity contribution >= 4 is 20.0 Å². The average molecular weight is 389 g/mol. The minimum Gasteiger partial charge on any atom is -0.212 e. The average Bonchev–Trinajstić information content (AvgIpc) is 2.50. The van der Waals surface area contributed by atoms with Gasteiger partial charge >= 0.3 is 0 Å². The third-order valence-corrected chi connectivity index (χ3v) is 7.61. The van der Waals surface area contributed by atoms with E-state index in [2.05, 4.69) is 4.72 Å². The van der Waals surface area contributed by atoms with E-state index in [1.165, 1.54) is 10.6 Å². The van der Waals surface area contributed by atoms with E-state index in [1.807, 2.05) is 13.0 Å². The molecule has 0 amide bonds. The van der Waals surface area contributed by atoms with Crippen LogP contribution in [0.1, 0.15) is 43.2 Å². The molecule has 1 aromatic carbocycles. The van der Waals surface area contributed by atoms with Gasteiger partial charge in [0.15, 0.2) is 0 Å². The maximum Gasteiger partial charge on any atom is 0.240 e. The van der Waals surface area contributed by atoms with Crippen molar-refractivity contribution < 1.29 is 16.8 Å². The fourth-order valence-electron chi connectivity index (χ4n) is 3.46. The zero-order valence-corrected chi connectivity index (χ0v) is 16.8. The number of sulfonamides is 2. The van der Waals surface area contributed by atoms with Crippen LogP contribution in [0.15, 0.2) is 23.1 Å². The zero-order chi connectivity index (χ0) is 18.7. The van der Waals surface area contributed by atoms with Crippen LogP contribution >= 0.6 is 0 Å². The number of hydrogen-bond acceptors (Lipinski definition) is 4. The van der Waals surface area contributed by atoms with E-state index in [-0.39, 0.29) is 24.0 Å². The molecule has 142 valence electrons. The van der Waals surface area contributed by atoms with Crippen LogP contribution in [0.4, 0.5) is 0 Å². The molecule has 25 heavy (non-hydrogen) atoms. The summed E-state index contributed by atoms with van der Waals surface area (Å²) < 4.78 is 53.2. The molecule has 1 saturated carbocycles. The van der Waals surface area contributed by atoms with Crippen LogP contribution in [-0.4, -0.2) is 46.5 Å². The number of hydrogen-bond donors (Lipinski definition) is 1. The van der Waals surface area contributed by atoms with Crippen LogP contribution < -0.4 is 4.72 Å². The molecule has 0 aromatic heterocycles. The highest BCUT2D eigenvalue weighted by Crippen LogP contribution is 2.24. The molecule has 0 aliphatic heterocycles. The Morgan fingerprint density at radius 1 is 1.08 bits per heavy atom. The van der Waals surface area contributed by atoms with Gasteiger partial charge in [0.05, 0.1) is 11.2 Å². The minimum absolute atomic E-state index is 0.0191. The van der Waals surface area contributed by atoms with Gasteiger partial charge in [-0.15, -0.1) is 0 Å². The highest BCUT2D eigenvalue weighted by molar-refractivity contribution is 7.89. The Morgan fingerprint density at radius 2 is 1.72 bits per heavy atom. The number of nitrogens with one attached hydrogen (secondary N) is 1. The largest absolute Gasteiger partial charge is 0.240 e. The Bertz CT molecular complexity index is 798. The maximum atomic E-state index is 12.5. The molecule has 0 atom stereocenters. The summed E-state index contributed by atoms with van der Waals surface area (Å²) in [6.45, 7) is 3.89. The van der Waals surface area contributed by atoms with Crippen LogP contribution in [0.3, 0.4) is 0 Å². The molecule has 1 fully saturated rings. The summed E-state index contributed by atoms with van der Waals surface area (Å²) in [6, 6.07) is 5.14. The van der Waals surface area contributed by atoms with Gasteiger partial charge in [-0.05, 0) is 38.3 Å². The molecule has 0 bridgehead atoms. The van der Waals surface area contributed by atoms with Gasteiger partial charge in [-0.25, -0.2) is 21.6 Å². The summed E-state index contributed by atoms with van der Waals surface area (Å²) in [6.07, 6.45) is 6.05. The smallest absolute Gasteiger partial charge is 0.212 e. The monoisotopic (exact) mass is 388 g/mol. The van der Waals surface area contributed by atoms with Crippen LogP contribution in [-0.2, 0) is 20.0 Å². The van der Waals surface area contributed by atoms with E-state index in [1.54, 1.807) is 19.1 Å². The summed E-state index contributed by atoms with van der Waals surface area (Å²) in [5.74, 6) is 0. The first-order valence-electron chi connectivity index (χ1n) is 8.65. The van der Waals surface area contributed by atoms with Gasteiger partial charge in [-0.3, -0.25) is 0 Å². The van der Waals surface area contributed by atoms with Crippen LogP contribution in [0.5, 0.6) is 0 Å². The van der Waals surface area contributed by atoms with Crippen molar-refractivity contribution in [3.8, 4) is 0 Å². The standard InChI is InChI=1S/C17H28N2O4S2/c1-14-9-10-17(15(2)13-14)25(22,23)18-11-12-19(24(3,20)21)16-7-5-4-6-8-16/h9-10,13,16,18H,4-8,11-12H2,1-3H3. The van der Waals surface area contributed by atoms with Crippen LogP contribution in [0, 0.1) is 13.8 Å². The van der Waals surface area contributed by atoms with Gasteiger partial charge in [-0.2, -0.15) is 4.31 Å². The second kappa shape index (κ2) is 8.16. The lowest BCUT2D eigenvalue weighted by atomic mass is 9.95. The molecular formula is C17H28N2O4S2. The van der Waals surface area contributed by atoms with E-state index in [9.17, 15) is 16.8 Å². The lowest BCUT2D eigenvalue weighted by Crippen LogP contribution is -2.45. The summed E-state index contributed by atoms with van der Waals surface area (Å²) in [4.78, 5) is 0.238. The number of rotatable bonds is 7. The Morgan fingerprint density at radius 3 is 2.28 bits per heavy atom. The minimum atomic E-state index is -3.65. The molecule has 1 N–H and O–H groups in total. The highest BCUT2D eigenvalue weighted by atomic mass is 32.2. The third-order valence-electron chi connectivity index (χ3n) is 4.65. The van der Waals surface area contributed by atoms with Crippen molar-refractivity contribution in [1.82, 2.24) is 9.03 Å². The van der Waals surface area contributed by atoms with E-state index in [0.29, 0.717) is 5.56 Å². The highest BCUT2D eigenvalue weighted by Gasteiger charge is 2.28. The quantitative estimate of drug-likeness (QED) is 0.776. The molecule has 8 heteroatoms. The first-order chi connectivity index (χ1) is 11.6. The van der Waals surface area contributed by atoms with Crippen molar-refractivity contribution in [2.24, 2.45) is 0 Å². The maximum absolute atomic E-state index is 12.5. The topological polar surface area (TPSA) is 83.6 Å². The van der Waals surface area contributed by atoms with E-state index < -0.39 is 20.0 Å². The normalized spacial score (nSPS) is 17.1. The van der Waals surface area contributed by atoms with Gasteiger partial charge < -0.3 is 0 Å². The fourth-order valence-corrected chi connectivity index (χ4v) is 5.88. The molecule has 0 unspecified atom stereocenters. The molecule has 1 aliphatic rings. The zero-order valence-electron chi connectivity index (χ0n) is 15.2. The molecule has 2 rings (SSSR count). The molecule has 6 nitrogen and oxygen atoms in total. The molecule has 0 heterocycles. The van der Waals surface area contributed by atoms with Crippen molar-refractivity contribution in [2.75, 3.05) is 19.3 Å². The van der Waals surface area contributed by atoms with Crippen molar-refractivity contribution in [3.05, 3.63) is 29.3 Å². The Balaban J connectivity index is 2.05. The summed E-state index contributed by atoms with van der Waals surface area (Å²) >= 11 is 0. The van der Waals surface area contributed by atoms with Gasteiger partial charge in [-0.1, -0.05) is 37.0 Å². The lowest BCUT2D eigenvalue weighted by molar-refractivity contribution is 0.257. The molecule has 1 aromatic rings. The second-order valence-corrected chi connectivity index (χ2v) is 10.5. The van der Waals surface area contributed by atoms with E-state index in [4.69, 9.17) is 0 Å². The van der Waals surface area contributed by atoms with Crippen LogP contribution in [0.2, 0.25) is 0 Å². The number of benzene rings is 1. The predicted octanol–water partition coefficient (Wildman–Crippen LogP) is 2.18. The van der Waals surface area contributed by atoms with Gasteiger partial charge in [0.25, 0.3) is 0 Å². The first-order valence-corrected chi connectivity index (χ1v) is 12.0. The predicted molar refractivity (Wildman–Crippen MR) is 99.5 cm³/mol. The Hall–Kier alpha value is -0.960. The molecule has 1 aliphatic carbocycles. The summed E-state index contributed by atoms with van der Waals surface area (Å²) in [7, 11) is -7.01. The fraction of sp³-hybridized carbons (Fsp3) is 0.647. The third kappa shape index (κ3) is 5.51. The van der Waals surface area contributed by atoms with Crippen molar-refractivity contribution in [3.63, 3.8) is 0 Å². The first kappa shape index (κ1) is 20.4. The van der Waals surface area contributed by atoms with E-state index in [0.717, 1.165) is 37.7 Å². The summed E-state index contributed by atoms with van der Waals surface area (Å²) in [5.41, 5.74) is 1.68. The van der Waals surface area contributed by atoms with Crippen LogP contribution in [0.25, 0.3) is 0 Å². The molecule has 0 spiro atoms. The lowest BCUT2D eigenvalue weighted by Gasteiger charge is -2.32. The van der Waals surface area contributed by atoms with Gasteiger partial charge in [0.2, 0.25) is 20.0 Å². The van der Waals surface area contributed by atoms with Crippen molar-refractivity contribution in [1.29, 1.82) is 0 Å². The van der Waals surface area contributed by atoms with E-state index >= 15 is 0 Å². The number of aryl methyl sites for hydroxylation is 2. The SMILES string of the molecule is Cc1ccc(S(=O)(=O)NCCN(C2CCCCC2)S(C)(=O)=O)c(C)c1. The summed E-state index contributed by atoms with van der Waals surface area (Å²) in [5, 5.41) is 0. The Kier molecular flexibility index (Phi) is 6.64. The van der Waals surface area contributed by atoms with Crippen molar-refractivity contribution in [2.45, 2.75) is 56.9 Å². The molecule has 0 saturated heterocycles. The van der Waals surface area contributed by atoms with Gasteiger partial charge in [0, 0.05) is 19.1 Å². The molecule has 0 radical (unpaired) electrons. The number of nitrogens with zero attached hydrogens (tertiary/aromatic N) is 1.